The molecule has 1 atom stereocenters. The van der Waals surface area contributed by atoms with E-state index in [0.717, 1.165) is 0 Å². The molecular formula is C16H15FN2O3S. The van der Waals surface area contributed by atoms with Gasteiger partial charge in [0.25, 0.3) is 5.91 Å². The zero-order valence-electron chi connectivity index (χ0n) is 12.2. The van der Waals surface area contributed by atoms with Crippen LogP contribution in [0.2, 0.25) is 0 Å². The Morgan fingerprint density at radius 1 is 1.39 bits per heavy atom. The van der Waals surface area contributed by atoms with E-state index in [0.29, 0.717) is 41.3 Å². The van der Waals surface area contributed by atoms with Crippen LogP contribution in [0.3, 0.4) is 0 Å². The molecule has 1 N–H and O–H groups in total. The minimum atomic E-state index is -0.980. The Hall–Kier alpha value is -2.28. The Morgan fingerprint density at radius 2 is 2.17 bits per heavy atom. The molecule has 7 heteroatoms. The molecule has 0 spiro atoms. The van der Waals surface area contributed by atoms with Crippen molar-refractivity contribution in [1.82, 2.24) is 9.88 Å². The summed E-state index contributed by atoms with van der Waals surface area (Å²) in [6.07, 6.45) is 2.92. The number of nitrogens with zero attached hydrogens (tertiary/aromatic N) is 2. The van der Waals surface area contributed by atoms with Crippen LogP contribution in [0.15, 0.2) is 30.5 Å². The second kappa shape index (κ2) is 6.45. The Bertz CT molecular complexity index is 746. The quantitative estimate of drug-likeness (QED) is 0.933. The molecule has 0 radical (unpaired) electrons. The van der Waals surface area contributed by atoms with Crippen LogP contribution in [0.5, 0.6) is 0 Å². The minimum absolute atomic E-state index is 0.305. The average Bonchev–Trinajstić information content (AvgIpc) is 3.18. The Morgan fingerprint density at radius 3 is 2.91 bits per heavy atom. The summed E-state index contributed by atoms with van der Waals surface area (Å²) in [5.74, 6) is -1.60. The summed E-state index contributed by atoms with van der Waals surface area (Å²) in [7, 11) is 0. The van der Waals surface area contributed by atoms with E-state index in [9.17, 15) is 14.0 Å². The number of hydrogen-bond acceptors (Lipinski definition) is 4. The molecule has 1 amide bonds. The number of halogens is 1. The maximum Gasteiger partial charge on any atom is 0.326 e. The van der Waals surface area contributed by atoms with Crippen molar-refractivity contribution < 1.29 is 19.1 Å². The van der Waals surface area contributed by atoms with Gasteiger partial charge in [-0.3, -0.25) is 4.79 Å². The molecule has 2 heterocycles. The first kappa shape index (κ1) is 15.6. The van der Waals surface area contributed by atoms with Gasteiger partial charge in [-0.15, -0.1) is 11.3 Å². The minimum Gasteiger partial charge on any atom is -0.480 e. The molecule has 1 saturated heterocycles. The van der Waals surface area contributed by atoms with E-state index < -0.39 is 12.0 Å². The van der Waals surface area contributed by atoms with Crippen LogP contribution in [0.4, 0.5) is 4.39 Å². The molecule has 5 nitrogen and oxygen atoms in total. The maximum atomic E-state index is 13.7. The third kappa shape index (κ3) is 3.24. The molecule has 0 saturated carbocycles. The number of aliphatic carboxylic acids is 1. The lowest BCUT2D eigenvalue weighted by atomic mass is 10.1. The fraction of sp³-hybridized carbons (Fsp3) is 0.312. The summed E-state index contributed by atoms with van der Waals surface area (Å²) in [5, 5.41) is 9.79. The standard InChI is InChI=1S/C16H15FN2O3S/c17-11-5-2-1-4-10(11)8-14-18-9-13(23-14)15(20)19-7-3-6-12(19)16(21)22/h1-2,4-5,9,12H,3,6-8H2,(H,21,22)/t12-/m0/s1. The molecule has 1 aliphatic heterocycles. The van der Waals surface area contributed by atoms with Crippen molar-refractivity contribution in [1.29, 1.82) is 0 Å². The molecular weight excluding hydrogens is 319 g/mol. The molecule has 23 heavy (non-hydrogen) atoms. The first-order valence-electron chi connectivity index (χ1n) is 7.28. The van der Waals surface area contributed by atoms with E-state index >= 15 is 0 Å². The number of hydrogen-bond donors (Lipinski definition) is 1. The number of benzene rings is 1. The summed E-state index contributed by atoms with van der Waals surface area (Å²) in [6.45, 7) is 0.441. The predicted molar refractivity (Wildman–Crippen MR) is 83.0 cm³/mol. The monoisotopic (exact) mass is 334 g/mol. The number of amides is 1. The lowest BCUT2D eigenvalue weighted by Crippen LogP contribution is -2.40. The van der Waals surface area contributed by atoms with Crippen molar-refractivity contribution in [2.45, 2.75) is 25.3 Å². The van der Waals surface area contributed by atoms with E-state index in [1.165, 1.54) is 28.5 Å². The van der Waals surface area contributed by atoms with Gasteiger partial charge in [-0.2, -0.15) is 0 Å². The molecule has 1 aromatic carbocycles. The Labute approximate surface area is 136 Å². The highest BCUT2D eigenvalue weighted by atomic mass is 32.1. The molecule has 0 bridgehead atoms. The lowest BCUT2D eigenvalue weighted by Gasteiger charge is -2.20. The average molecular weight is 334 g/mol. The SMILES string of the molecule is O=C(O)[C@@H]1CCCN1C(=O)c1cnc(Cc2ccccc2F)s1. The number of rotatable bonds is 4. The van der Waals surface area contributed by atoms with Gasteiger partial charge in [-0.1, -0.05) is 18.2 Å². The summed E-state index contributed by atoms with van der Waals surface area (Å²) >= 11 is 1.18. The molecule has 1 aromatic heterocycles. The van der Waals surface area contributed by atoms with Crippen LogP contribution in [0.1, 0.15) is 33.1 Å². The van der Waals surface area contributed by atoms with Crippen molar-refractivity contribution in [3.8, 4) is 0 Å². The maximum absolute atomic E-state index is 13.7. The number of carboxylic acid groups (broad SMARTS) is 1. The first-order valence-corrected chi connectivity index (χ1v) is 8.10. The summed E-state index contributed by atoms with van der Waals surface area (Å²) < 4.78 is 13.7. The van der Waals surface area contributed by atoms with Gasteiger partial charge in [0.15, 0.2) is 0 Å². The van der Waals surface area contributed by atoms with E-state index in [2.05, 4.69) is 4.98 Å². The molecule has 3 rings (SSSR count). The van der Waals surface area contributed by atoms with Gasteiger partial charge in [0.2, 0.25) is 0 Å². The number of likely N-dealkylation sites (tertiary alicyclic amines) is 1. The summed E-state index contributed by atoms with van der Waals surface area (Å²) in [5.41, 5.74) is 0.519. The highest BCUT2D eigenvalue weighted by Gasteiger charge is 2.35. The van der Waals surface area contributed by atoms with Crippen molar-refractivity contribution >= 4 is 23.2 Å². The van der Waals surface area contributed by atoms with Gasteiger partial charge in [0, 0.05) is 13.0 Å². The molecule has 1 fully saturated rings. The summed E-state index contributed by atoms with van der Waals surface area (Å²) in [4.78, 5) is 29.6. The fourth-order valence-corrected chi connectivity index (χ4v) is 3.60. The Kier molecular flexibility index (Phi) is 4.38. The van der Waals surface area contributed by atoms with Gasteiger partial charge >= 0.3 is 5.97 Å². The highest BCUT2D eigenvalue weighted by Crippen LogP contribution is 2.24. The Balaban J connectivity index is 1.75. The second-order valence-corrected chi connectivity index (χ2v) is 6.50. The van der Waals surface area contributed by atoms with E-state index in [-0.39, 0.29) is 11.7 Å². The number of carboxylic acids is 1. The van der Waals surface area contributed by atoms with E-state index in [4.69, 9.17) is 5.11 Å². The number of carbonyl (C=O) groups excluding carboxylic acids is 1. The van der Waals surface area contributed by atoms with Crippen LogP contribution < -0.4 is 0 Å². The van der Waals surface area contributed by atoms with Crippen LogP contribution >= 0.6 is 11.3 Å². The molecule has 0 unspecified atom stereocenters. The largest absolute Gasteiger partial charge is 0.480 e. The summed E-state index contributed by atoms with van der Waals surface area (Å²) in [6, 6.07) is 5.67. The van der Waals surface area contributed by atoms with Crippen molar-refractivity contribution in [2.24, 2.45) is 0 Å². The number of thiazole rings is 1. The molecule has 2 aromatic rings. The molecule has 0 aliphatic carbocycles. The number of aromatic nitrogens is 1. The van der Waals surface area contributed by atoms with Crippen LogP contribution in [0, 0.1) is 5.82 Å². The smallest absolute Gasteiger partial charge is 0.326 e. The fourth-order valence-electron chi connectivity index (χ4n) is 2.70. The van der Waals surface area contributed by atoms with Crippen molar-refractivity contribution in [3.05, 3.63) is 51.7 Å². The van der Waals surface area contributed by atoms with Crippen molar-refractivity contribution in [3.63, 3.8) is 0 Å². The normalized spacial score (nSPS) is 17.4. The first-order chi connectivity index (χ1) is 11.1. The van der Waals surface area contributed by atoms with Crippen LogP contribution in [-0.2, 0) is 11.2 Å². The third-order valence-corrected chi connectivity index (χ3v) is 4.85. The zero-order valence-corrected chi connectivity index (χ0v) is 13.1. The van der Waals surface area contributed by atoms with Gasteiger partial charge in [-0.05, 0) is 24.5 Å². The van der Waals surface area contributed by atoms with E-state index in [1.54, 1.807) is 18.2 Å². The zero-order chi connectivity index (χ0) is 16.4. The van der Waals surface area contributed by atoms with Gasteiger partial charge in [-0.25, -0.2) is 14.2 Å². The predicted octanol–water partition coefficient (Wildman–Crippen LogP) is 2.56. The third-order valence-electron chi connectivity index (χ3n) is 3.86. The lowest BCUT2D eigenvalue weighted by molar-refractivity contribution is -0.141. The number of carbonyl (C=O) groups is 2. The highest BCUT2D eigenvalue weighted by molar-refractivity contribution is 7.13. The van der Waals surface area contributed by atoms with E-state index in [1.807, 2.05) is 0 Å². The van der Waals surface area contributed by atoms with Gasteiger partial charge in [0.05, 0.1) is 11.2 Å². The van der Waals surface area contributed by atoms with Crippen molar-refractivity contribution in [2.75, 3.05) is 6.54 Å². The second-order valence-electron chi connectivity index (χ2n) is 5.38. The van der Waals surface area contributed by atoms with Gasteiger partial charge < -0.3 is 10.0 Å². The topological polar surface area (TPSA) is 70.5 Å². The van der Waals surface area contributed by atoms with Gasteiger partial charge in [0.1, 0.15) is 16.7 Å². The van der Waals surface area contributed by atoms with Crippen LogP contribution in [-0.4, -0.2) is 39.5 Å². The molecule has 120 valence electrons. The van der Waals surface area contributed by atoms with Crippen LogP contribution in [0.25, 0.3) is 0 Å². The molecule has 1 aliphatic rings.